The van der Waals surface area contributed by atoms with Crippen molar-refractivity contribution >= 4 is 27.2 Å². The van der Waals surface area contributed by atoms with E-state index >= 15 is 0 Å². The number of ether oxygens (including phenoxy) is 3. The molecule has 2 heterocycles. The number of hydrogen-bond acceptors (Lipinski definition) is 10. The smallest absolute Gasteiger partial charge is 0.263 e. The molecule has 4 rings (SSSR count). The molecular formula is C28H31N3O7S2. The Kier molecular flexibility index (Phi) is 8.94. The number of rotatable bonds is 11. The van der Waals surface area contributed by atoms with Gasteiger partial charge in [0.1, 0.15) is 12.7 Å². The molecule has 0 amide bonds. The van der Waals surface area contributed by atoms with Crippen LogP contribution in [-0.4, -0.2) is 55.0 Å². The Bertz CT molecular complexity index is 1540. The second-order valence-electron chi connectivity index (χ2n) is 9.79. The summed E-state index contributed by atoms with van der Waals surface area (Å²) in [4.78, 5) is 9.62. The van der Waals surface area contributed by atoms with Gasteiger partial charge in [0.15, 0.2) is 23.1 Å². The van der Waals surface area contributed by atoms with E-state index < -0.39 is 22.7 Å². The minimum atomic E-state index is -4.14. The van der Waals surface area contributed by atoms with Crippen LogP contribution < -0.4 is 18.9 Å². The highest BCUT2D eigenvalue weighted by Gasteiger charge is 2.26. The summed E-state index contributed by atoms with van der Waals surface area (Å²) in [7, 11) is -2.67. The van der Waals surface area contributed by atoms with Gasteiger partial charge in [0.05, 0.1) is 23.5 Å². The number of benzene rings is 2. The number of thiophene rings is 1. The van der Waals surface area contributed by atoms with Crippen LogP contribution in [0, 0.1) is 0 Å². The number of nitrogens with one attached hydrogen (secondary N) is 1. The van der Waals surface area contributed by atoms with Gasteiger partial charge in [-0.05, 0) is 46.7 Å². The van der Waals surface area contributed by atoms with E-state index in [4.69, 9.17) is 14.2 Å². The highest BCUT2D eigenvalue weighted by atomic mass is 32.2. The fraction of sp³-hybridized carbons (Fsp3) is 0.286. The van der Waals surface area contributed by atoms with Crippen LogP contribution in [0.4, 0.5) is 5.82 Å². The standard InChI is InChI=1S/C28H31N3O7S2/c1-28(2,3)18-11-13-20(14-12-18)40(34,35)31-26-24(38-22-9-6-5-8-21(22)36-4)27(37-17-19(33)16-32)30-25(29-26)23-10-7-15-39-23/h5-15,19,32-33H,16-17H2,1-4H3,(H,29,30,31)/t19-/m0/s1. The largest absolute Gasteiger partial charge is 0.493 e. The number of sulfonamides is 1. The van der Waals surface area contributed by atoms with Gasteiger partial charge in [-0.15, -0.1) is 11.3 Å². The molecule has 0 saturated carbocycles. The van der Waals surface area contributed by atoms with Gasteiger partial charge < -0.3 is 24.4 Å². The number of aliphatic hydroxyl groups excluding tert-OH is 2. The Balaban J connectivity index is 1.84. The maximum Gasteiger partial charge on any atom is 0.263 e. The van der Waals surface area contributed by atoms with Crippen molar-refractivity contribution in [3.05, 3.63) is 71.6 Å². The fourth-order valence-corrected chi connectivity index (χ4v) is 5.23. The van der Waals surface area contributed by atoms with Gasteiger partial charge in [0, 0.05) is 0 Å². The molecule has 10 nitrogen and oxygen atoms in total. The highest BCUT2D eigenvalue weighted by Crippen LogP contribution is 2.42. The molecule has 0 bridgehead atoms. The van der Waals surface area contributed by atoms with Crippen molar-refractivity contribution < 1.29 is 32.8 Å². The quantitative estimate of drug-likeness (QED) is 0.226. The van der Waals surface area contributed by atoms with Gasteiger partial charge in [-0.3, -0.25) is 4.72 Å². The average Bonchev–Trinajstić information content (AvgIpc) is 3.48. The Labute approximate surface area is 237 Å². The van der Waals surface area contributed by atoms with Crippen molar-refractivity contribution in [1.29, 1.82) is 0 Å². The zero-order valence-electron chi connectivity index (χ0n) is 22.5. The SMILES string of the molecule is COc1ccccc1Oc1c(NS(=O)(=O)c2ccc(C(C)(C)C)cc2)nc(-c2cccs2)nc1OC[C@@H](O)CO. The molecule has 0 fully saturated rings. The minimum Gasteiger partial charge on any atom is -0.493 e. The third kappa shape index (κ3) is 6.89. The summed E-state index contributed by atoms with van der Waals surface area (Å²) < 4.78 is 46.9. The van der Waals surface area contributed by atoms with E-state index in [1.165, 1.54) is 30.6 Å². The summed E-state index contributed by atoms with van der Waals surface area (Å²) in [6, 6.07) is 16.9. The summed E-state index contributed by atoms with van der Waals surface area (Å²) in [5.74, 6) is 0.328. The van der Waals surface area contributed by atoms with Gasteiger partial charge in [0.25, 0.3) is 15.9 Å². The number of anilines is 1. The molecule has 2 aromatic heterocycles. The fourth-order valence-electron chi connectivity index (χ4n) is 3.57. The molecule has 212 valence electrons. The first kappa shape index (κ1) is 29.3. The van der Waals surface area contributed by atoms with E-state index in [9.17, 15) is 18.6 Å². The molecule has 12 heteroatoms. The molecule has 0 spiro atoms. The molecule has 0 unspecified atom stereocenters. The molecular weight excluding hydrogens is 554 g/mol. The first-order valence-electron chi connectivity index (χ1n) is 12.3. The van der Waals surface area contributed by atoms with Crippen LogP contribution in [-0.2, 0) is 15.4 Å². The second kappa shape index (κ2) is 12.2. The van der Waals surface area contributed by atoms with Crippen molar-refractivity contribution in [2.75, 3.05) is 25.0 Å². The zero-order valence-corrected chi connectivity index (χ0v) is 24.1. The molecule has 0 aliphatic heterocycles. The van der Waals surface area contributed by atoms with Crippen LogP contribution in [0.3, 0.4) is 0 Å². The molecule has 1 atom stereocenters. The lowest BCUT2D eigenvalue weighted by Gasteiger charge is -2.20. The monoisotopic (exact) mass is 585 g/mol. The van der Waals surface area contributed by atoms with E-state index in [0.717, 1.165) is 5.56 Å². The number of nitrogens with zero attached hydrogens (tertiary/aromatic N) is 2. The molecule has 0 aliphatic rings. The Morgan fingerprint density at radius 3 is 2.30 bits per heavy atom. The van der Waals surface area contributed by atoms with Crippen LogP contribution in [0.2, 0.25) is 0 Å². The van der Waals surface area contributed by atoms with Crippen LogP contribution >= 0.6 is 11.3 Å². The number of aromatic nitrogens is 2. The predicted molar refractivity (Wildman–Crippen MR) is 153 cm³/mol. The van der Waals surface area contributed by atoms with Crippen LogP contribution in [0.1, 0.15) is 26.3 Å². The third-order valence-electron chi connectivity index (χ3n) is 5.74. The number of methoxy groups -OCH3 is 1. The van der Waals surface area contributed by atoms with Crippen molar-refractivity contribution in [1.82, 2.24) is 9.97 Å². The summed E-state index contributed by atoms with van der Waals surface area (Å²) >= 11 is 1.35. The lowest BCUT2D eigenvalue weighted by Crippen LogP contribution is -2.22. The molecule has 0 radical (unpaired) electrons. The molecule has 0 aliphatic carbocycles. The van der Waals surface area contributed by atoms with E-state index in [0.29, 0.717) is 10.6 Å². The lowest BCUT2D eigenvalue weighted by atomic mass is 9.87. The predicted octanol–water partition coefficient (Wildman–Crippen LogP) is 4.84. The molecule has 2 aromatic carbocycles. The van der Waals surface area contributed by atoms with Gasteiger partial charge >= 0.3 is 0 Å². The highest BCUT2D eigenvalue weighted by molar-refractivity contribution is 7.92. The Morgan fingerprint density at radius 1 is 1.00 bits per heavy atom. The minimum absolute atomic E-state index is 0.0261. The maximum atomic E-state index is 13.5. The Hall–Kier alpha value is -3.71. The van der Waals surface area contributed by atoms with E-state index in [1.807, 2.05) is 26.2 Å². The second-order valence-corrected chi connectivity index (χ2v) is 12.4. The lowest BCUT2D eigenvalue weighted by molar-refractivity contribution is 0.0513. The topological polar surface area (TPSA) is 140 Å². The molecule has 3 N–H and O–H groups in total. The van der Waals surface area contributed by atoms with Crippen molar-refractivity contribution in [2.45, 2.75) is 37.2 Å². The maximum absolute atomic E-state index is 13.5. The number of hydrogen-bond donors (Lipinski definition) is 3. The zero-order chi connectivity index (χ0) is 28.9. The third-order valence-corrected chi connectivity index (χ3v) is 7.96. The van der Waals surface area contributed by atoms with Gasteiger partial charge in [0.2, 0.25) is 5.75 Å². The van der Waals surface area contributed by atoms with Crippen LogP contribution in [0.25, 0.3) is 10.7 Å². The normalized spacial score (nSPS) is 12.6. The van der Waals surface area contributed by atoms with E-state index in [2.05, 4.69) is 14.7 Å². The average molecular weight is 586 g/mol. The van der Waals surface area contributed by atoms with Crippen molar-refractivity contribution in [3.8, 4) is 33.8 Å². The van der Waals surface area contributed by atoms with E-state index in [-0.39, 0.29) is 45.9 Å². The number of para-hydroxylation sites is 2. The molecule has 4 aromatic rings. The Morgan fingerprint density at radius 2 is 1.70 bits per heavy atom. The van der Waals surface area contributed by atoms with Gasteiger partial charge in [-0.25, -0.2) is 13.4 Å². The van der Waals surface area contributed by atoms with Crippen molar-refractivity contribution in [2.24, 2.45) is 0 Å². The first-order chi connectivity index (χ1) is 19.0. The van der Waals surface area contributed by atoms with Crippen LogP contribution in [0.15, 0.2) is 70.9 Å². The van der Waals surface area contributed by atoms with Gasteiger partial charge in [-0.1, -0.05) is 51.1 Å². The van der Waals surface area contributed by atoms with E-state index in [1.54, 1.807) is 48.5 Å². The van der Waals surface area contributed by atoms with Crippen molar-refractivity contribution in [3.63, 3.8) is 0 Å². The number of aliphatic hydroxyl groups is 2. The molecule has 0 saturated heterocycles. The first-order valence-corrected chi connectivity index (χ1v) is 14.7. The summed E-state index contributed by atoms with van der Waals surface area (Å²) in [5.41, 5.74) is 0.825. The summed E-state index contributed by atoms with van der Waals surface area (Å²) in [6.45, 7) is 5.24. The summed E-state index contributed by atoms with van der Waals surface area (Å²) in [5, 5.41) is 21.1. The summed E-state index contributed by atoms with van der Waals surface area (Å²) in [6.07, 6.45) is -1.21. The molecule has 40 heavy (non-hydrogen) atoms. The van der Waals surface area contributed by atoms with Crippen LogP contribution in [0.5, 0.6) is 23.1 Å². The van der Waals surface area contributed by atoms with Gasteiger partial charge in [-0.2, -0.15) is 4.98 Å².